The van der Waals surface area contributed by atoms with Crippen molar-refractivity contribution in [3.05, 3.63) is 95.1 Å². The van der Waals surface area contributed by atoms with Gasteiger partial charge in [0.05, 0.1) is 0 Å². The molecule has 84 heavy (non-hydrogen) atoms. The van der Waals surface area contributed by atoms with Gasteiger partial charge in [0.15, 0.2) is 46.0 Å². The van der Waals surface area contributed by atoms with Crippen LogP contribution in [0, 0.1) is 11.8 Å². The Balaban J connectivity index is 0.000000183. The van der Waals surface area contributed by atoms with Crippen LogP contribution in [0.1, 0.15) is 68.7 Å². The summed E-state index contributed by atoms with van der Waals surface area (Å²) in [6, 6.07) is 20.8. The third kappa shape index (κ3) is 14.1. The lowest BCUT2D eigenvalue weighted by atomic mass is 9.72. The lowest BCUT2D eigenvalue weighted by molar-refractivity contribution is -0.308. The van der Waals surface area contributed by atoms with Crippen LogP contribution in [-0.4, -0.2) is 133 Å². The number of aliphatic hydroxyl groups is 2. The van der Waals surface area contributed by atoms with Crippen molar-refractivity contribution in [1.29, 1.82) is 0 Å². The number of carbonyl (C=O) groups excluding carboxylic acids is 3. The summed E-state index contributed by atoms with van der Waals surface area (Å²) in [6.45, 7) is 6.39. The van der Waals surface area contributed by atoms with E-state index in [-0.39, 0.29) is 65.1 Å². The second kappa shape index (κ2) is 24.0. The molecule has 0 aromatic heterocycles. The van der Waals surface area contributed by atoms with E-state index in [1.54, 1.807) is 41.3 Å². The molecule has 6 aliphatic rings. The summed E-state index contributed by atoms with van der Waals surface area (Å²) in [7, 11) is 0. The molecule has 0 atom stereocenters. The first-order valence-electron chi connectivity index (χ1n) is 25.3. The number of halogens is 13. The molecule has 0 bridgehead atoms. The first kappa shape index (κ1) is 62.7. The van der Waals surface area contributed by atoms with Gasteiger partial charge in [-0.2, -0.15) is 52.7 Å². The largest absolute Gasteiger partial charge is 0.454 e. The lowest BCUT2D eigenvalue weighted by Crippen LogP contribution is -2.50. The summed E-state index contributed by atoms with van der Waals surface area (Å²) >= 11 is 4.22. The molecule has 0 spiro atoms. The Labute approximate surface area is 473 Å². The van der Waals surface area contributed by atoms with Gasteiger partial charge in [0.1, 0.15) is 16.8 Å². The van der Waals surface area contributed by atoms with Crippen molar-refractivity contribution in [3.8, 4) is 46.0 Å². The maximum atomic E-state index is 12.8. The molecule has 0 saturated carbocycles. The number of nitrogens with zero attached hydrogens (tertiary/aromatic N) is 2. The van der Waals surface area contributed by atoms with Crippen molar-refractivity contribution in [2.45, 2.75) is 100 Å². The van der Waals surface area contributed by atoms with E-state index in [1.807, 2.05) is 57.2 Å². The molecule has 460 valence electrons. The minimum absolute atomic E-state index is 0.00140. The number of hydrogen-bond donors (Lipinski definition) is 2. The minimum Gasteiger partial charge on any atom is -0.454 e. The average molecular weight is 1240 g/mol. The first-order valence-corrected chi connectivity index (χ1v) is 25.7. The zero-order valence-corrected chi connectivity index (χ0v) is 44.9. The normalized spacial score (nSPS) is 17.1. The Morgan fingerprint density at radius 2 is 0.714 bits per heavy atom. The number of alkyl halides is 12. The quantitative estimate of drug-likeness (QED) is 0.0958. The number of hydrogen-bond acceptors (Lipinski definition) is 16. The topological polar surface area (TPSA) is 200 Å². The molecule has 0 unspecified atom stereocenters. The summed E-state index contributed by atoms with van der Waals surface area (Å²) in [5.41, 5.74) is -3.48. The van der Waals surface area contributed by atoms with E-state index in [0.29, 0.717) is 94.2 Å². The van der Waals surface area contributed by atoms with Gasteiger partial charge in [0, 0.05) is 37.8 Å². The van der Waals surface area contributed by atoms with Gasteiger partial charge in [0.25, 0.3) is 12.2 Å². The van der Waals surface area contributed by atoms with Crippen LogP contribution in [-0.2, 0) is 25.4 Å². The number of fused-ring (bicyclic) bond motifs is 4. The van der Waals surface area contributed by atoms with Gasteiger partial charge in [-0.25, -0.2) is 14.4 Å². The van der Waals surface area contributed by atoms with Crippen LogP contribution in [0.25, 0.3) is 0 Å². The third-order valence-electron chi connectivity index (χ3n) is 14.0. The maximum absolute atomic E-state index is 12.8. The number of carbonyl (C=O) groups is 3. The second-order valence-electron chi connectivity index (χ2n) is 20.5. The van der Waals surface area contributed by atoms with Crippen LogP contribution in [0.5, 0.6) is 46.0 Å². The number of piperidine rings is 2. The van der Waals surface area contributed by atoms with Crippen molar-refractivity contribution in [3.63, 3.8) is 0 Å². The second-order valence-corrected chi connectivity index (χ2v) is 20.8. The Morgan fingerprint density at radius 3 is 0.964 bits per heavy atom. The molecule has 6 heterocycles. The van der Waals surface area contributed by atoms with Crippen LogP contribution in [0.3, 0.4) is 0 Å². The maximum Gasteiger partial charge on any atom is 0.434 e. The molecule has 18 nitrogen and oxygen atoms in total. The highest BCUT2D eigenvalue weighted by atomic mass is 35.5. The number of ether oxygens (including phenoxy) is 11. The van der Waals surface area contributed by atoms with Crippen LogP contribution in [0.15, 0.2) is 72.8 Å². The van der Waals surface area contributed by atoms with E-state index < -0.39 is 71.2 Å². The van der Waals surface area contributed by atoms with Gasteiger partial charge in [-0.1, -0.05) is 24.3 Å². The number of benzene rings is 4. The van der Waals surface area contributed by atoms with Crippen molar-refractivity contribution in [1.82, 2.24) is 9.80 Å². The summed E-state index contributed by atoms with van der Waals surface area (Å²) in [5.74, 6) is 3.53. The minimum atomic E-state index is -5.81. The molecule has 4 aromatic carbocycles. The monoisotopic (exact) mass is 1230 g/mol. The van der Waals surface area contributed by atoms with Crippen LogP contribution in [0.2, 0.25) is 0 Å². The fraction of sp³-hybridized carbons (Fsp3) is 0.491. The molecule has 6 aliphatic heterocycles. The summed E-state index contributed by atoms with van der Waals surface area (Å²) < 4.78 is 202. The molecule has 4 aromatic rings. The Morgan fingerprint density at radius 1 is 0.452 bits per heavy atom. The van der Waals surface area contributed by atoms with E-state index in [4.69, 9.17) is 42.6 Å². The highest BCUT2D eigenvalue weighted by molar-refractivity contribution is 6.61. The molecule has 31 heteroatoms. The highest BCUT2D eigenvalue weighted by Crippen LogP contribution is 2.50. The first-order chi connectivity index (χ1) is 39.2. The van der Waals surface area contributed by atoms with Crippen LogP contribution in [0.4, 0.5) is 67.1 Å². The lowest BCUT2D eigenvalue weighted by Gasteiger charge is -2.42. The average Bonchev–Trinajstić information content (AvgIpc) is 1.52. The Hall–Kier alpha value is -7.34. The van der Waals surface area contributed by atoms with Gasteiger partial charge < -0.3 is 72.1 Å². The van der Waals surface area contributed by atoms with Gasteiger partial charge in [-0.3, -0.25) is 0 Å². The summed E-state index contributed by atoms with van der Waals surface area (Å²) in [5, 5.41) is 24.5. The van der Waals surface area contributed by atoms with Gasteiger partial charge in [0.2, 0.25) is 27.2 Å². The predicted molar refractivity (Wildman–Crippen MR) is 262 cm³/mol. The van der Waals surface area contributed by atoms with Crippen molar-refractivity contribution >= 4 is 29.2 Å². The smallest absolute Gasteiger partial charge is 0.434 e. The Kier molecular flexibility index (Phi) is 17.9. The zero-order chi connectivity index (χ0) is 61.4. The molecular formula is C53H51ClF12N2O16. The van der Waals surface area contributed by atoms with Gasteiger partial charge in [-0.15, -0.1) is 0 Å². The van der Waals surface area contributed by atoms with Crippen molar-refractivity contribution in [2.75, 3.05) is 53.4 Å². The Bertz CT molecular complexity index is 2890. The van der Waals surface area contributed by atoms with E-state index in [0.717, 1.165) is 4.90 Å². The van der Waals surface area contributed by atoms with Crippen LogP contribution < -0.4 is 37.9 Å². The molecule has 2 amide bonds. The van der Waals surface area contributed by atoms with E-state index in [2.05, 4.69) is 21.1 Å². The fourth-order valence-corrected chi connectivity index (χ4v) is 10.1. The summed E-state index contributed by atoms with van der Waals surface area (Å²) in [4.78, 5) is 36.9. The van der Waals surface area contributed by atoms with Gasteiger partial charge in [-0.05, 0) is 129 Å². The molecule has 2 fully saturated rings. The van der Waals surface area contributed by atoms with E-state index in [1.165, 1.54) is 0 Å². The number of rotatable bonds is 8. The predicted octanol–water partition coefficient (Wildman–Crippen LogP) is 11.6. The summed E-state index contributed by atoms with van der Waals surface area (Å²) in [6.07, 6.45) is -32.2. The molecule has 2 saturated heterocycles. The van der Waals surface area contributed by atoms with Gasteiger partial charge >= 0.3 is 42.3 Å². The fourth-order valence-electron chi connectivity index (χ4n) is 10.0. The van der Waals surface area contributed by atoms with E-state index in [9.17, 15) is 77.3 Å². The molecule has 2 N–H and O–H groups in total. The van der Waals surface area contributed by atoms with Crippen molar-refractivity contribution < 1.29 is 129 Å². The van der Waals surface area contributed by atoms with Crippen molar-refractivity contribution in [2.24, 2.45) is 11.8 Å². The molecular weight excluding hydrogens is 1180 g/mol. The zero-order valence-electron chi connectivity index (χ0n) is 44.1. The molecule has 0 aliphatic carbocycles. The van der Waals surface area contributed by atoms with Crippen LogP contribution >= 0.6 is 11.6 Å². The highest BCUT2D eigenvalue weighted by Gasteiger charge is 2.61. The number of amides is 2. The number of likely N-dealkylation sites (tertiary alicyclic amines) is 2. The molecule has 0 radical (unpaired) electrons. The SMILES string of the molecule is CC(C)(C)OC(=O)N1CCC(C(O)(c2ccc3c(c2)OCO3)c2ccc3c(c2)OCO3)CC1.O=C(Cl)OC(C(F)(F)F)C(F)(F)F.O=C(OC(C(F)(F)F)C(F)(F)F)N1CCC(C(O)(c2ccc3c(c2)OCO3)c2ccc3c(c2)OCO3)CC1. The standard InChI is InChI=1S/C25H29NO7.C24H21F6NO7.C4HClF6O2/c1-24(2,3)33-23(27)26-10-8-16(9-11-26)25(28,17-4-6-19-21(12-17)31-14-29-19)18-5-7-20-22(13-18)32-15-30-20;25-23(26,27)20(24(28,29)30)38-21(32)31-7-5-13(6-8-31)22(33,14-1-3-16-18(9-14)36-11-34-16)15-2-4-17-19(10-15)37-12-35-17;5-2(12)13-1(3(6,7)8)4(9,10)11/h4-7,12-13,16,28H,8-11,14-15H2,1-3H3;1-4,9-10,13,20,33H,5-8,11-12H2;1H. The van der Waals surface area contributed by atoms with E-state index >= 15 is 0 Å². The third-order valence-corrected chi connectivity index (χ3v) is 14.0. The molecule has 10 rings (SSSR count).